The summed E-state index contributed by atoms with van der Waals surface area (Å²) in [6.45, 7) is 1.29. The van der Waals surface area contributed by atoms with Crippen molar-refractivity contribution in [3.05, 3.63) is 30.4 Å². The number of nitrogens with one attached hydrogen (secondary N) is 2. The van der Waals surface area contributed by atoms with Crippen molar-refractivity contribution in [2.24, 2.45) is 5.41 Å². The number of aliphatic hydroxyl groups is 1. The minimum atomic E-state index is -0.437. The summed E-state index contributed by atoms with van der Waals surface area (Å²) in [5, 5.41) is 19.0. The van der Waals surface area contributed by atoms with Gasteiger partial charge in [-0.1, -0.05) is 0 Å². The highest BCUT2D eigenvalue weighted by Gasteiger charge is 2.38. The van der Waals surface area contributed by atoms with Gasteiger partial charge in [-0.25, -0.2) is 14.3 Å². The number of aliphatic hydroxyl groups excluding tert-OH is 1. The molecule has 1 atom stereocenters. The molecule has 1 saturated heterocycles. The van der Waals surface area contributed by atoms with Crippen LogP contribution in [0.3, 0.4) is 0 Å². The predicted molar refractivity (Wildman–Crippen MR) is 102 cm³/mol. The molecule has 1 unspecified atom stereocenters. The summed E-state index contributed by atoms with van der Waals surface area (Å²) in [5.41, 5.74) is 1.69. The largest absolute Gasteiger partial charge is 0.396 e. The Hall–Kier alpha value is -2.65. The molecule has 1 fully saturated rings. The number of hydrogen-bond donors (Lipinski definition) is 3. The SMILES string of the molecule is CNC(=O)N/C=C(\C=O)c1cc(N2CCC(CO)(CCl)C2)c2nccn2n1. The highest BCUT2D eigenvalue weighted by Crippen LogP contribution is 2.36. The van der Waals surface area contributed by atoms with Gasteiger partial charge in [0.25, 0.3) is 0 Å². The lowest BCUT2D eigenvalue weighted by molar-refractivity contribution is -0.103. The molecule has 9 nitrogen and oxygen atoms in total. The Morgan fingerprint density at radius 3 is 2.96 bits per heavy atom. The molecule has 0 spiro atoms. The first-order valence-corrected chi connectivity index (χ1v) is 8.99. The normalized spacial score (nSPS) is 20.1. The van der Waals surface area contributed by atoms with Gasteiger partial charge in [-0.3, -0.25) is 4.79 Å². The number of hydrogen-bond acceptors (Lipinski definition) is 6. The Kier molecular flexibility index (Phi) is 5.62. The van der Waals surface area contributed by atoms with Gasteiger partial charge >= 0.3 is 6.03 Å². The number of alkyl halides is 1. The molecule has 3 rings (SSSR count). The average molecular weight is 393 g/mol. The molecule has 3 N–H and O–H groups in total. The number of amides is 2. The van der Waals surface area contributed by atoms with Crippen molar-refractivity contribution in [2.75, 3.05) is 37.5 Å². The Morgan fingerprint density at radius 2 is 2.33 bits per heavy atom. The number of carbonyl (C=O) groups excluding carboxylic acids is 2. The van der Waals surface area contributed by atoms with E-state index in [1.54, 1.807) is 23.0 Å². The van der Waals surface area contributed by atoms with Crippen LogP contribution in [0.4, 0.5) is 10.5 Å². The van der Waals surface area contributed by atoms with Crippen LogP contribution >= 0.6 is 11.6 Å². The molecule has 2 amide bonds. The molecular weight excluding hydrogens is 372 g/mol. The molecule has 0 saturated carbocycles. The molecule has 1 aliphatic heterocycles. The number of carbonyl (C=O) groups is 2. The van der Waals surface area contributed by atoms with Crippen LogP contribution < -0.4 is 15.5 Å². The van der Waals surface area contributed by atoms with Crippen molar-refractivity contribution in [1.29, 1.82) is 0 Å². The number of imidazole rings is 1. The molecule has 0 radical (unpaired) electrons. The van der Waals surface area contributed by atoms with E-state index < -0.39 is 6.03 Å². The first kappa shape index (κ1) is 19.1. The van der Waals surface area contributed by atoms with Gasteiger partial charge in [0.05, 0.1) is 23.6 Å². The number of rotatable bonds is 6. The smallest absolute Gasteiger partial charge is 0.318 e. The van der Waals surface area contributed by atoms with Crippen LogP contribution in [0.2, 0.25) is 0 Å². The molecule has 10 heteroatoms. The maximum absolute atomic E-state index is 11.5. The Bertz CT molecular complexity index is 877. The number of urea groups is 1. The van der Waals surface area contributed by atoms with Crippen molar-refractivity contribution in [3.63, 3.8) is 0 Å². The Morgan fingerprint density at radius 1 is 1.52 bits per heavy atom. The number of fused-ring (bicyclic) bond motifs is 1. The minimum Gasteiger partial charge on any atom is -0.396 e. The van der Waals surface area contributed by atoms with E-state index in [-0.39, 0.29) is 17.6 Å². The number of aldehydes is 1. The van der Waals surface area contributed by atoms with E-state index in [1.807, 2.05) is 0 Å². The zero-order chi connectivity index (χ0) is 19.4. The highest BCUT2D eigenvalue weighted by atomic mass is 35.5. The summed E-state index contributed by atoms with van der Waals surface area (Å²) in [7, 11) is 1.48. The average Bonchev–Trinajstić information content (AvgIpc) is 3.35. The van der Waals surface area contributed by atoms with E-state index in [0.717, 1.165) is 12.1 Å². The van der Waals surface area contributed by atoms with Crippen molar-refractivity contribution < 1.29 is 14.7 Å². The van der Waals surface area contributed by atoms with E-state index >= 15 is 0 Å². The number of aromatic nitrogens is 3. The summed E-state index contributed by atoms with van der Waals surface area (Å²) in [6.07, 6.45) is 6.01. The first-order chi connectivity index (χ1) is 13.1. The third kappa shape index (κ3) is 3.74. The zero-order valence-electron chi connectivity index (χ0n) is 14.9. The van der Waals surface area contributed by atoms with Gasteiger partial charge in [0.15, 0.2) is 11.9 Å². The topological polar surface area (TPSA) is 112 Å². The number of halogens is 1. The van der Waals surface area contributed by atoms with Crippen LogP contribution in [0.1, 0.15) is 12.1 Å². The maximum Gasteiger partial charge on any atom is 0.318 e. The van der Waals surface area contributed by atoms with Gasteiger partial charge in [-0.15, -0.1) is 11.6 Å². The van der Waals surface area contributed by atoms with Crippen LogP contribution in [0.15, 0.2) is 24.7 Å². The maximum atomic E-state index is 11.5. The fourth-order valence-corrected chi connectivity index (χ4v) is 3.38. The van der Waals surface area contributed by atoms with Crippen LogP contribution in [-0.4, -0.2) is 64.6 Å². The van der Waals surface area contributed by atoms with Crippen LogP contribution in [0, 0.1) is 5.41 Å². The molecule has 3 heterocycles. The number of allylic oxidation sites excluding steroid dienone is 1. The fraction of sp³-hybridized carbons (Fsp3) is 0.412. The highest BCUT2D eigenvalue weighted by molar-refractivity contribution is 6.18. The lowest BCUT2D eigenvalue weighted by atomic mass is 9.91. The van der Waals surface area contributed by atoms with Gasteiger partial charge in [-0.05, 0) is 12.5 Å². The van der Waals surface area contributed by atoms with E-state index in [9.17, 15) is 14.7 Å². The van der Waals surface area contributed by atoms with Gasteiger partial charge in [0, 0.05) is 50.0 Å². The summed E-state index contributed by atoms with van der Waals surface area (Å²) < 4.78 is 1.58. The lowest BCUT2D eigenvalue weighted by Gasteiger charge is -2.25. The van der Waals surface area contributed by atoms with E-state index in [4.69, 9.17) is 11.6 Å². The summed E-state index contributed by atoms with van der Waals surface area (Å²) in [5.74, 6) is 0.359. The first-order valence-electron chi connectivity index (χ1n) is 8.46. The lowest BCUT2D eigenvalue weighted by Crippen LogP contribution is -2.32. The van der Waals surface area contributed by atoms with Crippen LogP contribution in [0.5, 0.6) is 0 Å². The third-order valence-electron chi connectivity index (χ3n) is 4.75. The van der Waals surface area contributed by atoms with Crippen LogP contribution in [-0.2, 0) is 4.79 Å². The molecule has 144 valence electrons. The second-order valence-electron chi connectivity index (χ2n) is 6.51. The summed E-state index contributed by atoms with van der Waals surface area (Å²) >= 11 is 6.08. The Balaban J connectivity index is 2.00. The van der Waals surface area contributed by atoms with Gasteiger partial charge in [0.2, 0.25) is 0 Å². The molecule has 0 bridgehead atoms. The molecule has 2 aromatic heterocycles. The predicted octanol–water partition coefficient (Wildman–Crippen LogP) is 0.626. The van der Waals surface area contributed by atoms with Gasteiger partial charge in [-0.2, -0.15) is 5.10 Å². The quantitative estimate of drug-likeness (QED) is 0.377. The standard InChI is InChI=1S/C17H21ClN6O3/c1-19-16(27)21-7-12(8-25)13-6-14(15-20-3-5-24(15)22-13)23-4-2-17(9-18,10-23)11-26/h3,5-8,26H,2,4,9-11H2,1H3,(H2,19,21,27)/b12-7+. The molecule has 2 aromatic rings. The second-order valence-corrected chi connectivity index (χ2v) is 6.78. The van der Waals surface area contributed by atoms with E-state index in [2.05, 4.69) is 25.6 Å². The van der Waals surface area contributed by atoms with Crippen molar-refractivity contribution in [1.82, 2.24) is 25.2 Å². The molecular formula is C17H21ClN6O3. The van der Waals surface area contributed by atoms with E-state index in [0.29, 0.717) is 36.6 Å². The second kappa shape index (κ2) is 7.93. The number of nitrogens with zero attached hydrogens (tertiary/aromatic N) is 4. The van der Waals surface area contributed by atoms with Crippen LogP contribution in [0.25, 0.3) is 11.2 Å². The van der Waals surface area contributed by atoms with E-state index in [1.165, 1.54) is 13.2 Å². The summed E-state index contributed by atoms with van der Waals surface area (Å²) in [4.78, 5) is 29.4. The number of anilines is 1. The fourth-order valence-electron chi connectivity index (χ4n) is 3.08. The Labute approximate surface area is 161 Å². The molecule has 0 aliphatic carbocycles. The molecule has 0 aromatic carbocycles. The van der Waals surface area contributed by atoms with Crippen molar-refractivity contribution in [3.8, 4) is 0 Å². The van der Waals surface area contributed by atoms with Crippen molar-refractivity contribution >= 4 is 40.8 Å². The monoisotopic (exact) mass is 392 g/mol. The zero-order valence-corrected chi connectivity index (χ0v) is 15.6. The van der Waals surface area contributed by atoms with Gasteiger partial charge < -0.3 is 20.6 Å². The third-order valence-corrected chi connectivity index (χ3v) is 5.31. The molecule has 27 heavy (non-hydrogen) atoms. The molecule has 1 aliphatic rings. The summed E-state index contributed by atoms with van der Waals surface area (Å²) in [6, 6.07) is 1.32. The van der Waals surface area contributed by atoms with Gasteiger partial charge in [0.1, 0.15) is 0 Å². The minimum absolute atomic E-state index is 0.00517. The van der Waals surface area contributed by atoms with Crippen molar-refractivity contribution in [2.45, 2.75) is 6.42 Å².